The molecule has 0 aliphatic carbocycles. The molecular weight excluding hydrogens is 252 g/mol. The maximum atomic E-state index is 5.85. The number of methoxy groups -OCH3 is 1. The Hall–Kier alpha value is -1.26. The van der Waals surface area contributed by atoms with Gasteiger partial charge in [0.2, 0.25) is 0 Å². The minimum Gasteiger partial charge on any atom is -0.493 e. The van der Waals surface area contributed by atoms with Crippen LogP contribution in [0, 0.1) is 0 Å². The molecule has 1 fully saturated rings. The third-order valence-corrected chi connectivity index (χ3v) is 3.68. The molecule has 2 rings (SSSR count). The molecule has 1 heterocycles. The molecule has 0 amide bonds. The highest BCUT2D eigenvalue weighted by atomic mass is 16.5. The summed E-state index contributed by atoms with van der Waals surface area (Å²) >= 11 is 0. The molecule has 4 nitrogen and oxygen atoms in total. The van der Waals surface area contributed by atoms with Crippen molar-refractivity contribution in [2.24, 2.45) is 0 Å². The molecule has 20 heavy (non-hydrogen) atoms. The van der Waals surface area contributed by atoms with Crippen LogP contribution in [0.4, 0.5) is 0 Å². The molecule has 0 unspecified atom stereocenters. The summed E-state index contributed by atoms with van der Waals surface area (Å²) in [4.78, 5) is 2.51. The average molecular weight is 278 g/mol. The van der Waals surface area contributed by atoms with E-state index in [2.05, 4.69) is 16.3 Å². The van der Waals surface area contributed by atoms with Crippen LogP contribution in [0.2, 0.25) is 0 Å². The van der Waals surface area contributed by atoms with Gasteiger partial charge in [-0.15, -0.1) is 0 Å². The minimum atomic E-state index is 0.748. The summed E-state index contributed by atoms with van der Waals surface area (Å²) < 4.78 is 11.2. The number of benzene rings is 1. The Morgan fingerprint density at radius 2 is 2.00 bits per heavy atom. The maximum Gasteiger partial charge on any atom is 0.161 e. The van der Waals surface area contributed by atoms with Gasteiger partial charge in [0.25, 0.3) is 0 Å². The van der Waals surface area contributed by atoms with E-state index >= 15 is 0 Å². The van der Waals surface area contributed by atoms with Crippen LogP contribution in [0.5, 0.6) is 11.5 Å². The van der Waals surface area contributed by atoms with Crippen molar-refractivity contribution in [2.75, 3.05) is 40.4 Å². The zero-order chi connectivity index (χ0) is 14.2. The highest BCUT2D eigenvalue weighted by molar-refractivity contribution is 5.42. The molecular formula is C16H26N2O2. The summed E-state index contributed by atoms with van der Waals surface area (Å²) in [5.74, 6) is 1.66. The van der Waals surface area contributed by atoms with Crippen molar-refractivity contribution in [3.05, 3.63) is 23.8 Å². The highest BCUT2D eigenvalue weighted by Gasteiger charge is 2.11. The van der Waals surface area contributed by atoms with E-state index in [1.54, 1.807) is 7.11 Å². The van der Waals surface area contributed by atoms with Gasteiger partial charge in [-0.3, -0.25) is 0 Å². The molecule has 4 heteroatoms. The monoisotopic (exact) mass is 278 g/mol. The Labute approximate surface area is 122 Å². The van der Waals surface area contributed by atoms with E-state index in [1.807, 2.05) is 19.2 Å². The lowest BCUT2D eigenvalue weighted by Crippen LogP contribution is -2.21. The summed E-state index contributed by atoms with van der Waals surface area (Å²) in [7, 11) is 3.63. The molecule has 0 saturated carbocycles. The molecule has 0 spiro atoms. The SMILES string of the molecule is CNCc1ccc(OCCCN2CCCC2)c(OC)c1. The van der Waals surface area contributed by atoms with Gasteiger partial charge in [0, 0.05) is 13.1 Å². The molecule has 1 saturated heterocycles. The molecule has 0 radical (unpaired) electrons. The predicted molar refractivity (Wildman–Crippen MR) is 81.5 cm³/mol. The van der Waals surface area contributed by atoms with Gasteiger partial charge >= 0.3 is 0 Å². The largest absolute Gasteiger partial charge is 0.493 e. The van der Waals surface area contributed by atoms with Gasteiger partial charge in [0.15, 0.2) is 11.5 Å². The van der Waals surface area contributed by atoms with Gasteiger partial charge in [0.05, 0.1) is 13.7 Å². The number of hydrogen-bond acceptors (Lipinski definition) is 4. The van der Waals surface area contributed by atoms with Crippen molar-refractivity contribution in [2.45, 2.75) is 25.8 Å². The maximum absolute atomic E-state index is 5.85. The van der Waals surface area contributed by atoms with Crippen molar-refractivity contribution in [3.8, 4) is 11.5 Å². The molecule has 0 aromatic heterocycles. The summed E-state index contributed by atoms with van der Waals surface area (Å²) in [5.41, 5.74) is 1.20. The molecule has 1 aromatic carbocycles. The Morgan fingerprint density at radius 1 is 1.20 bits per heavy atom. The number of likely N-dealkylation sites (tertiary alicyclic amines) is 1. The summed E-state index contributed by atoms with van der Waals surface area (Å²) in [6.45, 7) is 5.23. The zero-order valence-corrected chi connectivity index (χ0v) is 12.7. The third kappa shape index (κ3) is 4.39. The van der Waals surface area contributed by atoms with Crippen LogP contribution >= 0.6 is 0 Å². The first kappa shape index (κ1) is 15.1. The molecule has 112 valence electrons. The molecule has 0 bridgehead atoms. The highest BCUT2D eigenvalue weighted by Crippen LogP contribution is 2.28. The normalized spacial score (nSPS) is 15.5. The van der Waals surface area contributed by atoms with E-state index in [-0.39, 0.29) is 0 Å². The summed E-state index contributed by atoms with van der Waals surface area (Å²) in [5, 5.41) is 3.14. The van der Waals surface area contributed by atoms with E-state index in [0.717, 1.165) is 37.6 Å². The van der Waals surface area contributed by atoms with Crippen molar-refractivity contribution in [3.63, 3.8) is 0 Å². The summed E-state index contributed by atoms with van der Waals surface area (Å²) in [6.07, 6.45) is 3.77. The quantitative estimate of drug-likeness (QED) is 0.740. The first-order chi connectivity index (χ1) is 9.83. The lowest BCUT2D eigenvalue weighted by molar-refractivity contribution is 0.254. The second-order valence-corrected chi connectivity index (χ2v) is 5.27. The molecule has 1 aromatic rings. The molecule has 0 atom stereocenters. The predicted octanol–water partition coefficient (Wildman–Crippen LogP) is 2.28. The lowest BCUT2D eigenvalue weighted by atomic mass is 10.2. The first-order valence-electron chi connectivity index (χ1n) is 7.50. The zero-order valence-electron chi connectivity index (χ0n) is 12.7. The van der Waals surface area contributed by atoms with Crippen molar-refractivity contribution in [1.82, 2.24) is 10.2 Å². The number of hydrogen-bond donors (Lipinski definition) is 1. The van der Waals surface area contributed by atoms with E-state index in [1.165, 1.54) is 31.5 Å². The van der Waals surface area contributed by atoms with Crippen LogP contribution in [0.15, 0.2) is 18.2 Å². The van der Waals surface area contributed by atoms with Crippen LogP contribution < -0.4 is 14.8 Å². The van der Waals surface area contributed by atoms with E-state index in [0.29, 0.717) is 0 Å². The Kier molecular flexibility index (Phi) is 6.15. The molecule has 1 aliphatic heterocycles. The number of nitrogens with one attached hydrogen (secondary N) is 1. The molecule has 1 aliphatic rings. The van der Waals surface area contributed by atoms with Crippen molar-refractivity contribution >= 4 is 0 Å². The Morgan fingerprint density at radius 3 is 2.70 bits per heavy atom. The fraction of sp³-hybridized carbons (Fsp3) is 0.625. The topological polar surface area (TPSA) is 33.7 Å². The Bertz CT molecular complexity index is 403. The Balaban J connectivity index is 1.79. The van der Waals surface area contributed by atoms with E-state index in [4.69, 9.17) is 9.47 Å². The fourth-order valence-electron chi connectivity index (χ4n) is 2.62. The number of ether oxygens (including phenoxy) is 2. The third-order valence-electron chi connectivity index (χ3n) is 3.68. The van der Waals surface area contributed by atoms with E-state index < -0.39 is 0 Å². The van der Waals surface area contributed by atoms with Crippen LogP contribution in [-0.2, 0) is 6.54 Å². The van der Waals surface area contributed by atoms with Gasteiger partial charge in [-0.05, 0) is 57.1 Å². The van der Waals surface area contributed by atoms with Crippen LogP contribution in [0.3, 0.4) is 0 Å². The molecule has 1 N–H and O–H groups in total. The van der Waals surface area contributed by atoms with Gasteiger partial charge in [-0.1, -0.05) is 6.07 Å². The van der Waals surface area contributed by atoms with Crippen molar-refractivity contribution < 1.29 is 9.47 Å². The lowest BCUT2D eigenvalue weighted by Gasteiger charge is -2.15. The average Bonchev–Trinajstić information content (AvgIpc) is 2.98. The van der Waals surface area contributed by atoms with Crippen LogP contribution in [0.1, 0.15) is 24.8 Å². The smallest absolute Gasteiger partial charge is 0.161 e. The van der Waals surface area contributed by atoms with Gasteiger partial charge in [-0.25, -0.2) is 0 Å². The summed E-state index contributed by atoms with van der Waals surface area (Å²) in [6, 6.07) is 6.11. The second kappa shape index (κ2) is 8.12. The van der Waals surface area contributed by atoms with Crippen LogP contribution in [-0.4, -0.2) is 45.3 Å². The van der Waals surface area contributed by atoms with Gasteiger partial charge < -0.3 is 19.7 Å². The number of nitrogens with zero attached hydrogens (tertiary/aromatic N) is 1. The van der Waals surface area contributed by atoms with E-state index in [9.17, 15) is 0 Å². The fourth-order valence-corrected chi connectivity index (χ4v) is 2.62. The van der Waals surface area contributed by atoms with Gasteiger partial charge in [-0.2, -0.15) is 0 Å². The van der Waals surface area contributed by atoms with Gasteiger partial charge in [0.1, 0.15) is 0 Å². The van der Waals surface area contributed by atoms with Crippen LogP contribution in [0.25, 0.3) is 0 Å². The first-order valence-corrected chi connectivity index (χ1v) is 7.50. The van der Waals surface area contributed by atoms with Crippen molar-refractivity contribution in [1.29, 1.82) is 0 Å². The number of rotatable bonds is 8. The standard InChI is InChI=1S/C16H26N2O2/c1-17-13-14-6-7-15(16(12-14)19-2)20-11-5-10-18-8-3-4-9-18/h6-7,12,17H,3-5,8-11,13H2,1-2H3. The second-order valence-electron chi connectivity index (χ2n) is 5.27. The minimum absolute atomic E-state index is 0.748.